The first-order valence-corrected chi connectivity index (χ1v) is 9.33. The van der Waals surface area contributed by atoms with Gasteiger partial charge in [-0.1, -0.05) is 37.3 Å². The van der Waals surface area contributed by atoms with E-state index in [-0.39, 0.29) is 18.5 Å². The van der Waals surface area contributed by atoms with Crippen LogP contribution in [-0.4, -0.2) is 49.5 Å². The van der Waals surface area contributed by atoms with Crippen LogP contribution in [0.25, 0.3) is 0 Å². The number of carbonyl (C=O) groups excluding carboxylic acids is 2. The van der Waals surface area contributed by atoms with Gasteiger partial charge in [0.05, 0.1) is 12.8 Å². The van der Waals surface area contributed by atoms with Gasteiger partial charge in [0.15, 0.2) is 0 Å². The zero-order chi connectivity index (χ0) is 19.8. The first-order chi connectivity index (χ1) is 13.7. The number of rotatable bonds is 6. The van der Waals surface area contributed by atoms with E-state index in [1.165, 1.54) is 5.01 Å². The van der Waals surface area contributed by atoms with Crippen molar-refractivity contribution >= 4 is 29.5 Å². The number of nitrogens with one attached hydrogen (secondary N) is 1. The third kappa shape index (κ3) is 5.17. The lowest BCUT2D eigenvalue weighted by molar-refractivity contribution is -0.125. The van der Waals surface area contributed by atoms with Crippen molar-refractivity contribution in [2.75, 3.05) is 36.5 Å². The number of hydrogen-bond acceptors (Lipinski definition) is 4. The molecular formula is C21H24N4O3. The first kappa shape index (κ1) is 19.6. The first-order valence-electron chi connectivity index (χ1n) is 9.33. The summed E-state index contributed by atoms with van der Waals surface area (Å²) >= 11 is 0. The van der Waals surface area contributed by atoms with Crippen LogP contribution in [0, 0.1) is 0 Å². The van der Waals surface area contributed by atoms with Crippen molar-refractivity contribution in [3.63, 3.8) is 0 Å². The van der Waals surface area contributed by atoms with Crippen LogP contribution in [-0.2, 0) is 9.53 Å². The van der Waals surface area contributed by atoms with Crippen LogP contribution in [0.2, 0.25) is 0 Å². The van der Waals surface area contributed by atoms with Crippen molar-refractivity contribution in [2.24, 2.45) is 5.10 Å². The Morgan fingerprint density at radius 1 is 1.21 bits per heavy atom. The van der Waals surface area contributed by atoms with Gasteiger partial charge in [0.25, 0.3) is 5.91 Å². The van der Waals surface area contributed by atoms with Gasteiger partial charge in [0, 0.05) is 24.5 Å². The molecule has 7 nitrogen and oxygen atoms in total. The number of amides is 3. The van der Waals surface area contributed by atoms with Crippen LogP contribution >= 0.6 is 0 Å². The number of urea groups is 1. The third-order valence-electron chi connectivity index (χ3n) is 4.23. The molecule has 0 aliphatic carbocycles. The number of benzene rings is 2. The molecule has 0 aromatic heterocycles. The lowest BCUT2D eigenvalue weighted by Crippen LogP contribution is -2.41. The van der Waals surface area contributed by atoms with E-state index in [1.54, 1.807) is 23.2 Å². The van der Waals surface area contributed by atoms with Gasteiger partial charge in [-0.05, 0) is 36.2 Å². The molecule has 146 valence electrons. The summed E-state index contributed by atoms with van der Waals surface area (Å²) in [6.07, 6.45) is 2.46. The standard InChI is InChI=1S/C21H24N4O3/c1-2-12-25(22-15-17-6-4-3-5-7-17)21(27)23-18-8-10-19(11-9-18)24-13-14-28-16-20(24)26/h3-11,15H,2,12-14,16H2,1H3,(H,23,27). The van der Waals surface area contributed by atoms with E-state index in [0.29, 0.717) is 25.4 Å². The Morgan fingerprint density at radius 2 is 1.96 bits per heavy atom. The van der Waals surface area contributed by atoms with Crippen molar-refractivity contribution in [1.82, 2.24) is 5.01 Å². The fraction of sp³-hybridized carbons (Fsp3) is 0.286. The molecule has 1 aliphatic heterocycles. The molecule has 3 rings (SSSR count). The van der Waals surface area contributed by atoms with E-state index in [0.717, 1.165) is 17.7 Å². The van der Waals surface area contributed by atoms with Gasteiger partial charge in [-0.3, -0.25) is 4.79 Å². The summed E-state index contributed by atoms with van der Waals surface area (Å²) in [6.45, 7) is 3.66. The van der Waals surface area contributed by atoms with Crippen molar-refractivity contribution < 1.29 is 14.3 Å². The Labute approximate surface area is 164 Å². The summed E-state index contributed by atoms with van der Waals surface area (Å²) in [4.78, 5) is 26.2. The summed E-state index contributed by atoms with van der Waals surface area (Å²) in [5.74, 6) is -0.0626. The molecule has 28 heavy (non-hydrogen) atoms. The number of hydrazone groups is 1. The second-order valence-electron chi connectivity index (χ2n) is 6.35. The average Bonchev–Trinajstić information content (AvgIpc) is 2.73. The third-order valence-corrected chi connectivity index (χ3v) is 4.23. The number of nitrogens with zero attached hydrogens (tertiary/aromatic N) is 3. The van der Waals surface area contributed by atoms with Crippen LogP contribution in [0.3, 0.4) is 0 Å². The molecule has 2 aromatic carbocycles. The van der Waals surface area contributed by atoms with E-state index < -0.39 is 0 Å². The minimum atomic E-state index is -0.302. The van der Waals surface area contributed by atoms with Gasteiger partial charge in [0.2, 0.25) is 0 Å². The monoisotopic (exact) mass is 380 g/mol. The molecule has 0 atom stereocenters. The molecule has 1 fully saturated rings. The molecule has 1 N–H and O–H groups in total. The van der Waals surface area contributed by atoms with E-state index in [2.05, 4.69) is 10.4 Å². The number of ether oxygens (including phenoxy) is 1. The van der Waals surface area contributed by atoms with Crippen molar-refractivity contribution in [3.8, 4) is 0 Å². The van der Waals surface area contributed by atoms with Gasteiger partial charge >= 0.3 is 6.03 Å². The number of hydrogen-bond donors (Lipinski definition) is 1. The summed E-state index contributed by atoms with van der Waals surface area (Å²) in [5.41, 5.74) is 2.36. The maximum atomic E-state index is 12.6. The molecular weight excluding hydrogens is 356 g/mol. The normalized spacial score (nSPS) is 14.3. The largest absolute Gasteiger partial charge is 0.370 e. The molecule has 7 heteroatoms. The highest BCUT2D eigenvalue weighted by molar-refractivity contribution is 5.95. The molecule has 0 unspecified atom stereocenters. The van der Waals surface area contributed by atoms with Crippen molar-refractivity contribution in [3.05, 3.63) is 60.2 Å². The molecule has 1 saturated heterocycles. The van der Waals surface area contributed by atoms with Crippen molar-refractivity contribution in [2.45, 2.75) is 13.3 Å². The van der Waals surface area contributed by atoms with Crippen molar-refractivity contribution in [1.29, 1.82) is 0 Å². The fourth-order valence-electron chi connectivity index (χ4n) is 2.80. The molecule has 3 amide bonds. The van der Waals surface area contributed by atoms with Crippen LogP contribution in [0.4, 0.5) is 16.2 Å². The Hall–Kier alpha value is -3.19. The Kier molecular flexibility index (Phi) is 6.75. The smallest absolute Gasteiger partial charge is 0.342 e. The maximum absolute atomic E-state index is 12.6. The average molecular weight is 380 g/mol. The predicted molar refractivity (Wildman–Crippen MR) is 110 cm³/mol. The summed E-state index contributed by atoms with van der Waals surface area (Å²) in [6, 6.07) is 16.5. The molecule has 0 saturated carbocycles. The lowest BCUT2D eigenvalue weighted by Gasteiger charge is -2.27. The second-order valence-corrected chi connectivity index (χ2v) is 6.35. The minimum absolute atomic E-state index is 0.0626. The van der Waals surface area contributed by atoms with Gasteiger partial charge < -0.3 is 15.0 Å². The molecule has 0 radical (unpaired) electrons. The number of morpholine rings is 1. The van der Waals surface area contributed by atoms with Gasteiger partial charge in [-0.15, -0.1) is 0 Å². The van der Waals surface area contributed by atoms with E-state index in [1.807, 2.05) is 49.4 Å². The number of carbonyl (C=O) groups is 2. The highest BCUT2D eigenvalue weighted by Gasteiger charge is 2.20. The Morgan fingerprint density at radius 3 is 2.64 bits per heavy atom. The molecule has 0 bridgehead atoms. The fourth-order valence-corrected chi connectivity index (χ4v) is 2.80. The van der Waals surface area contributed by atoms with Gasteiger partial charge in [-0.25, -0.2) is 9.80 Å². The van der Waals surface area contributed by atoms with Crippen LogP contribution in [0.1, 0.15) is 18.9 Å². The van der Waals surface area contributed by atoms with E-state index >= 15 is 0 Å². The summed E-state index contributed by atoms with van der Waals surface area (Å²) < 4.78 is 5.15. The van der Waals surface area contributed by atoms with Gasteiger partial charge in [-0.2, -0.15) is 5.10 Å². The van der Waals surface area contributed by atoms with Crippen LogP contribution in [0.5, 0.6) is 0 Å². The second kappa shape index (κ2) is 9.66. The highest BCUT2D eigenvalue weighted by atomic mass is 16.5. The topological polar surface area (TPSA) is 74.2 Å². The Bertz CT molecular complexity index is 821. The SMILES string of the molecule is CCCN(N=Cc1ccccc1)C(=O)Nc1ccc(N2CCOCC2=O)cc1. The van der Waals surface area contributed by atoms with Crippen LogP contribution in [0.15, 0.2) is 59.7 Å². The minimum Gasteiger partial charge on any atom is -0.370 e. The lowest BCUT2D eigenvalue weighted by atomic mass is 10.2. The summed E-state index contributed by atoms with van der Waals surface area (Å²) in [7, 11) is 0. The summed E-state index contributed by atoms with van der Waals surface area (Å²) in [5, 5.41) is 8.57. The number of anilines is 2. The zero-order valence-electron chi connectivity index (χ0n) is 15.9. The van der Waals surface area contributed by atoms with E-state index in [4.69, 9.17) is 4.74 Å². The highest BCUT2D eigenvalue weighted by Crippen LogP contribution is 2.20. The Balaban J connectivity index is 1.64. The molecule has 1 aliphatic rings. The zero-order valence-corrected chi connectivity index (χ0v) is 15.9. The van der Waals surface area contributed by atoms with Crippen LogP contribution < -0.4 is 10.2 Å². The quantitative estimate of drug-likeness (QED) is 0.617. The molecule has 1 heterocycles. The molecule has 2 aromatic rings. The predicted octanol–water partition coefficient (Wildman–Crippen LogP) is 3.33. The maximum Gasteiger partial charge on any atom is 0.342 e. The molecule has 0 spiro atoms. The van der Waals surface area contributed by atoms with Gasteiger partial charge in [0.1, 0.15) is 6.61 Å². The van der Waals surface area contributed by atoms with E-state index in [9.17, 15) is 9.59 Å².